The Hall–Kier alpha value is -4.33. The third kappa shape index (κ3) is 3.69. The minimum atomic E-state index is -1.25. The molecule has 8 heteroatoms. The Morgan fingerprint density at radius 2 is 1.62 bits per heavy atom. The highest BCUT2D eigenvalue weighted by atomic mass is 16.5. The number of ether oxygens (including phenoxy) is 2. The van der Waals surface area contributed by atoms with Crippen molar-refractivity contribution in [3.63, 3.8) is 0 Å². The fourth-order valence-corrected chi connectivity index (χ4v) is 7.70. The van der Waals surface area contributed by atoms with E-state index in [1.807, 2.05) is 48.5 Å². The minimum Gasteiger partial charge on any atom is -0.465 e. The van der Waals surface area contributed by atoms with Gasteiger partial charge in [0, 0.05) is 17.5 Å². The molecule has 1 heterocycles. The molecule has 4 saturated carbocycles. The lowest BCUT2D eigenvalue weighted by Gasteiger charge is -2.60. The van der Waals surface area contributed by atoms with Gasteiger partial charge in [0.2, 0.25) is 0 Å². The van der Waals surface area contributed by atoms with Gasteiger partial charge in [0.25, 0.3) is 0 Å². The molecule has 0 aromatic heterocycles. The van der Waals surface area contributed by atoms with Gasteiger partial charge in [0.05, 0.1) is 16.8 Å². The molecule has 198 valence electrons. The molecule has 4 bridgehead atoms. The zero-order valence-corrected chi connectivity index (χ0v) is 21.3. The summed E-state index contributed by atoms with van der Waals surface area (Å²) in [5.41, 5.74) is 2.82. The SMILES string of the molecule is O=C(O)NCOC(=O)C12CC3CC(c4ccc5c(c4)N(c4ccccc4)c4ccccc4O5)(CC(C1)C3=O)C2. The first-order chi connectivity index (χ1) is 18.9. The molecule has 3 aromatic rings. The van der Waals surface area contributed by atoms with Crippen molar-refractivity contribution in [3.05, 3.63) is 78.4 Å². The van der Waals surface area contributed by atoms with Gasteiger partial charge < -0.3 is 19.5 Å². The molecule has 0 radical (unpaired) electrons. The van der Waals surface area contributed by atoms with Gasteiger partial charge in [0.1, 0.15) is 5.78 Å². The summed E-state index contributed by atoms with van der Waals surface area (Å²) in [6, 6.07) is 24.3. The maximum absolute atomic E-state index is 13.4. The molecule has 0 spiro atoms. The van der Waals surface area contributed by atoms with Crippen molar-refractivity contribution in [1.29, 1.82) is 0 Å². The lowest BCUT2D eigenvalue weighted by molar-refractivity contribution is -0.177. The number of anilines is 3. The van der Waals surface area contributed by atoms with Crippen LogP contribution in [0.1, 0.15) is 37.7 Å². The number of ketones is 1. The van der Waals surface area contributed by atoms with Gasteiger partial charge in [-0.2, -0.15) is 0 Å². The zero-order valence-electron chi connectivity index (χ0n) is 21.3. The molecule has 2 atom stereocenters. The smallest absolute Gasteiger partial charge is 0.407 e. The van der Waals surface area contributed by atoms with Gasteiger partial charge in [-0.15, -0.1) is 0 Å². The van der Waals surface area contributed by atoms with Gasteiger partial charge in [0.15, 0.2) is 18.2 Å². The normalized spacial score (nSPS) is 27.8. The number of amides is 1. The zero-order chi connectivity index (χ0) is 26.8. The number of Topliss-reactive ketones (excluding diaryl/α,β-unsaturated/α-hetero) is 1. The highest BCUT2D eigenvalue weighted by Crippen LogP contribution is 2.65. The quantitative estimate of drug-likeness (QED) is 0.242. The molecule has 2 unspecified atom stereocenters. The van der Waals surface area contributed by atoms with E-state index in [1.54, 1.807) is 0 Å². The van der Waals surface area contributed by atoms with Crippen LogP contribution in [0.5, 0.6) is 11.5 Å². The van der Waals surface area contributed by atoms with E-state index in [0.717, 1.165) is 34.1 Å². The van der Waals surface area contributed by atoms with Crippen molar-refractivity contribution in [3.8, 4) is 11.5 Å². The van der Waals surface area contributed by atoms with Crippen LogP contribution in [0, 0.1) is 17.3 Å². The van der Waals surface area contributed by atoms with Gasteiger partial charge >= 0.3 is 12.1 Å². The number of benzene rings is 3. The van der Waals surface area contributed by atoms with Crippen molar-refractivity contribution in [1.82, 2.24) is 5.32 Å². The summed E-state index contributed by atoms with van der Waals surface area (Å²) >= 11 is 0. The summed E-state index contributed by atoms with van der Waals surface area (Å²) in [5, 5.41) is 11.0. The summed E-state index contributed by atoms with van der Waals surface area (Å²) in [7, 11) is 0. The summed E-state index contributed by atoms with van der Waals surface area (Å²) in [4.78, 5) is 39.6. The van der Waals surface area contributed by atoms with Crippen molar-refractivity contribution in [2.24, 2.45) is 17.3 Å². The van der Waals surface area contributed by atoms with E-state index in [-0.39, 0.29) is 23.0 Å². The van der Waals surface area contributed by atoms with Crippen molar-refractivity contribution in [2.75, 3.05) is 11.6 Å². The molecule has 0 saturated heterocycles. The Morgan fingerprint density at radius 3 is 2.36 bits per heavy atom. The first kappa shape index (κ1) is 23.8. The Balaban J connectivity index is 1.29. The van der Waals surface area contributed by atoms with Crippen LogP contribution in [-0.2, 0) is 19.7 Å². The average molecular weight is 525 g/mol. The lowest BCUT2D eigenvalue weighted by atomic mass is 9.42. The highest BCUT2D eigenvalue weighted by molar-refractivity contribution is 5.91. The summed E-state index contributed by atoms with van der Waals surface area (Å²) in [5.74, 6) is 0.950. The number of para-hydroxylation sites is 3. The number of carbonyl (C=O) groups is 3. The molecule has 3 aromatic carbocycles. The van der Waals surface area contributed by atoms with Crippen molar-refractivity contribution >= 4 is 34.9 Å². The maximum atomic E-state index is 13.4. The number of rotatable bonds is 5. The summed E-state index contributed by atoms with van der Waals surface area (Å²) < 4.78 is 11.7. The lowest BCUT2D eigenvalue weighted by Crippen LogP contribution is -2.60. The van der Waals surface area contributed by atoms with E-state index in [0.29, 0.717) is 32.1 Å². The Bertz CT molecular complexity index is 1480. The molecular formula is C31H28N2O6. The number of carbonyl (C=O) groups excluding carboxylic acids is 2. The fourth-order valence-electron chi connectivity index (χ4n) is 7.70. The molecule has 1 amide bonds. The molecule has 39 heavy (non-hydrogen) atoms. The Labute approximate surface area is 225 Å². The van der Waals surface area contributed by atoms with Crippen LogP contribution in [-0.4, -0.2) is 29.7 Å². The first-order valence-electron chi connectivity index (χ1n) is 13.3. The molecule has 4 fully saturated rings. The molecular weight excluding hydrogens is 496 g/mol. The van der Waals surface area contributed by atoms with Crippen molar-refractivity contribution < 1.29 is 29.0 Å². The van der Waals surface area contributed by atoms with Gasteiger partial charge in [-0.25, -0.2) is 4.79 Å². The van der Waals surface area contributed by atoms with Crippen LogP contribution >= 0.6 is 0 Å². The maximum Gasteiger partial charge on any atom is 0.407 e. The number of hydrogen-bond donors (Lipinski definition) is 2. The number of esters is 1. The first-order valence-corrected chi connectivity index (χ1v) is 13.3. The standard InChI is InChI=1S/C31H28N2O6/c34-27-19-13-30(14-20(27)16-31(15-19,17-30)28(35)38-18-32-29(36)37)21-10-11-26-24(12-21)33(22-6-2-1-3-7-22)23-8-4-5-9-25(23)39-26/h1-12,19-20,32H,13-18H2,(H,36,37). The van der Waals surface area contributed by atoms with Gasteiger partial charge in [-0.1, -0.05) is 36.4 Å². The van der Waals surface area contributed by atoms with Crippen LogP contribution in [0.2, 0.25) is 0 Å². The molecule has 1 aliphatic heterocycles. The van der Waals surface area contributed by atoms with Crippen LogP contribution in [0.3, 0.4) is 0 Å². The van der Waals surface area contributed by atoms with Gasteiger partial charge in [-0.3, -0.25) is 14.9 Å². The van der Waals surface area contributed by atoms with Crippen LogP contribution in [0.15, 0.2) is 72.8 Å². The van der Waals surface area contributed by atoms with Crippen LogP contribution in [0.25, 0.3) is 0 Å². The van der Waals surface area contributed by atoms with E-state index < -0.39 is 24.2 Å². The third-order valence-corrected chi connectivity index (χ3v) is 9.04. The predicted molar refractivity (Wildman–Crippen MR) is 143 cm³/mol. The average Bonchev–Trinajstić information content (AvgIpc) is 2.94. The molecule has 8 rings (SSSR count). The number of nitrogens with zero attached hydrogens (tertiary/aromatic N) is 1. The van der Waals surface area contributed by atoms with E-state index in [9.17, 15) is 14.4 Å². The largest absolute Gasteiger partial charge is 0.465 e. The second-order valence-electron chi connectivity index (χ2n) is 11.3. The Kier molecular flexibility index (Phi) is 5.24. The topological polar surface area (TPSA) is 105 Å². The highest BCUT2D eigenvalue weighted by Gasteiger charge is 2.64. The molecule has 4 aliphatic carbocycles. The molecule has 2 N–H and O–H groups in total. The number of nitrogens with one attached hydrogen (secondary N) is 1. The van der Waals surface area contributed by atoms with E-state index in [2.05, 4.69) is 34.5 Å². The van der Waals surface area contributed by atoms with E-state index >= 15 is 0 Å². The van der Waals surface area contributed by atoms with Crippen molar-refractivity contribution in [2.45, 2.75) is 37.5 Å². The minimum absolute atomic E-state index is 0.204. The third-order valence-electron chi connectivity index (χ3n) is 9.04. The van der Waals surface area contributed by atoms with Gasteiger partial charge in [-0.05, 0) is 79.5 Å². The monoisotopic (exact) mass is 524 g/mol. The second kappa shape index (κ2) is 8.59. The molecule has 8 nitrogen and oxygen atoms in total. The number of fused-ring (bicyclic) bond motifs is 2. The van der Waals surface area contributed by atoms with Crippen LogP contribution < -0.4 is 15.0 Å². The summed E-state index contributed by atoms with van der Waals surface area (Å²) in [6.07, 6.45) is 1.66. The summed E-state index contributed by atoms with van der Waals surface area (Å²) in [6.45, 7) is -0.395. The fraction of sp³-hybridized carbons (Fsp3) is 0.323. The van der Waals surface area contributed by atoms with Crippen LogP contribution in [0.4, 0.5) is 21.9 Å². The van der Waals surface area contributed by atoms with E-state index in [4.69, 9.17) is 14.6 Å². The Morgan fingerprint density at radius 1 is 0.923 bits per heavy atom. The van der Waals surface area contributed by atoms with E-state index in [1.165, 1.54) is 0 Å². The predicted octanol–water partition coefficient (Wildman–Crippen LogP) is 6.05. The number of hydrogen-bond acceptors (Lipinski definition) is 6. The molecule has 5 aliphatic rings. The number of carboxylic acid groups (broad SMARTS) is 1. The second-order valence-corrected chi connectivity index (χ2v) is 11.3.